The Morgan fingerprint density at radius 3 is 2.91 bits per heavy atom. The highest BCUT2D eigenvalue weighted by molar-refractivity contribution is 7.09. The molecule has 0 saturated carbocycles. The Labute approximate surface area is 132 Å². The highest BCUT2D eigenvalue weighted by atomic mass is 32.1. The van der Waals surface area contributed by atoms with Gasteiger partial charge in [-0.1, -0.05) is 12.1 Å². The zero-order chi connectivity index (χ0) is 15.2. The molecule has 0 aliphatic carbocycles. The quantitative estimate of drug-likeness (QED) is 0.728. The van der Waals surface area contributed by atoms with E-state index in [9.17, 15) is 5.11 Å². The van der Waals surface area contributed by atoms with Crippen molar-refractivity contribution in [3.05, 3.63) is 59.2 Å². The topological polar surface area (TPSA) is 60.2 Å². The van der Waals surface area contributed by atoms with E-state index in [1.54, 1.807) is 23.7 Å². The second kappa shape index (κ2) is 7.31. The summed E-state index contributed by atoms with van der Waals surface area (Å²) in [5.74, 6) is 0.748. The third-order valence-electron chi connectivity index (χ3n) is 3.15. The van der Waals surface area contributed by atoms with Crippen LogP contribution in [-0.2, 0) is 17.9 Å². The third-order valence-corrected chi connectivity index (χ3v) is 4.00. The van der Waals surface area contributed by atoms with Gasteiger partial charge in [-0.25, -0.2) is 4.98 Å². The fourth-order valence-electron chi connectivity index (χ4n) is 2.15. The van der Waals surface area contributed by atoms with Crippen molar-refractivity contribution in [1.82, 2.24) is 14.5 Å². The molecule has 3 aromatic heterocycles. The zero-order valence-corrected chi connectivity index (χ0v) is 12.8. The number of aromatic nitrogens is 3. The molecule has 3 heterocycles. The molecule has 0 aliphatic heterocycles. The highest BCUT2D eigenvalue weighted by Gasteiger charge is 2.11. The Morgan fingerprint density at radius 1 is 1.18 bits per heavy atom. The van der Waals surface area contributed by atoms with E-state index in [0.717, 1.165) is 16.4 Å². The lowest BCUT2D eigenvalue weighted by atomic mass is 10.3. The van der Waals surface area contributed by atoms with Crippen LogP contribution in [0.4, 0.5) is 0 Å². The second-order valence-electron chi connectivity index (χ2n) is 4.87. The average molecular weight is 315 g/mol. The van der Waals surface area contributed by atoms with Crippen molar-refractivity contribution in [2.24, 2.45) is 0 Å². The van der Waals surface area contributed by atoms with Crippen LogP contribution in [0.3, 0.4) is 0 Å². The Morgan fingerprint density at radius 2 is 2.14 bits per heavy atom. The van der Waals surface area contributed by atoms with Gasteiger partial charge in [0, 0.05) is 23.5 Å². The smallest absolute Gasteiger partial charge is 0.158 e. The van der Waals surface area contributed by atoms with Crippen molar-refractivity contribution in [3.63, 3.8) is 0 Å². The molecule has 0 aromatic carbocycles. The first-order chi connectivity index (χ1) is 10.8. The number of aliphatic hydroxyl groups excluding tert-OH is 1. The van der Waals surface area contributed by atoms with Gasteiger partial charge in [0.05, 0.1) is 25.9 Å². The summed E-state index contributed by atoms with van der Waals surface area (Å²) in [6.07, 6.45) is 4.70. The predicted molar refractivity (Wildman–Crippen MR) is 85.4 cm³/mol. The van der Waals surface area contributed by atoms with Crippen LogP contribution >= 0.6 is 11.3 Å². The van der Waals surface area contributed by atoms with Gasteiger partial charge in [-0.05, 0) is 23.6 Å². The molecule has 1 atom stereocenters. The molecule has 3 aromatic rings. The molecule has 0 radical (unpaired) electrons. The minimum absolute atomic E-state index is 0.289. The van der Waals surface area contributed by atoms with Gasteiger partial charge in [0.2, 0.25) is 0 Å². The number of hydrogen-bond acceptors (Lipinski definition) is 5. The number of hydrogen-bond donors (Lipinski definition) is 1. The van der Waals surface area contributed by atoms with Crippen molar-refractivity contribution < 1.29 is 9.84 Å². The molecule has 0 amide bonds. The van der Waals surface area contributed by atoms with Crippen LogP contribution in [0.15, 0.2) is 54.3 Å². The molecule has 0 unspecified atom stereocenters. The van der Waals surface area contributed by atoms with Gasteiger partial charge in [-0.3, -0.25) is 4.98 Å². The van der Waals surface area contributed by atoms with Crippen molar-refractivity contribution in [2.45, 2.75) is 19.3 Å². The minimum Gasteiger partial charge on any atom is -0.389 e. The lowest BCUT2D eigenvalue weighted by Crippen LogP contribution is -2.22. The summed E-state index contributed by atoms with van der Waals surface area (Å²) in [6.45, 7) is 1.25. The van der Waals surface area contributed by atoms with Gasteiger partial charge >= 0.3 is 0 Å². The van der Waals surface area contributed by atoms with E-state index in [1.165, 1.54) is 0 Å². The Bertz CT molecular complexity index is 683. The van der Waals surface area contributed by atoms with Crippen molar-refractivity contribution >= 4 is 11.3 Å². The summed E-state index contributed by atoms with van der Waals surface area (Å²) < 4.78 is 7.44. The van der Waals surface area contributed by atoms with E-state index in [0.29, 0.717) is 13.2 Å². The van der Waals surface area contributed by atoms with Crippen LogP contribution < -0.4 is 0 Å². The average Bonchev–Trinajstić information content (AvgIpc) is 3.20. The largest absolute Gasteiger partial charge is 0.389 e. The van der Waals surface area contributed by atoms with E-state index in [1.807, 2.05) is 46.5 Å². The molecule has 0 saturated heterocycles. The first-order valence-corrected chi connectivity index (χ1v) is 7.91. The first kappa shape index (κ1) is 14.9. The van der Waals surface area contributed by atoms with Crippen molar-refractivity contribution in [1.29, 1.82) is 0 Å². The Hall–Kier alpha value is -2.02. The van der Waals surface area contributed by atoms with E-state index >= 15 is 0 Å². The summed E-state index contributed by atoms with van der Waals surface area (Å²) in [6, 6.07) is 9.70. The summed E-state index contributed by atoms with van der Waals surface area (Å²) in [4.78, 5) is 9.76. The van der Waals surface area contributed by atoms with Crippen LogP contribution in [0.5, 0.6) is 0 Å². The SMILES string of the molecule is O[C@@H](COCc1cccs1)Cn1ccnc1-c1ccccn1. The molecule has 22 heavy (non-hydrogen) atoms. The normalized spacial score (nSPS) is 12.4. The molecule has 0 spiro atoms. The van der Waals surface area contributed by atoms with E-state index in [2.05, 4.69) is 9.97 Å². The molecular formula is C16H17N3O2S. The maximum absolute atomic E-state index is 10.1. The molecule has 0 bridgehead atoms. The van der Waals surface area contributed by atoms with E-state index < -0.39 is 6.10 Å². The minimum atomic E-state index is -0.586. The summed E-state index contributed by atoms with van der Waals surface area (Å²) in [7, 11) is 0. The molecule has 0 fully saturated rings. The highest BCUT2D eigenvalue weighted by Crippen LogP contribution is 2.15. The zero-order valence-electron chi connectivity index (χ0n) is 12.0. The van der Waals surface area contributed by atoms with Gasteiger partial charge in [0.1, 0.15) is 5.69 Å². The monoisotopic (exact) mass is 315 g/mol. The third kappa shape index (κ3) is 3.79. The van der Waals surface area contributed by atoms with Crippen LogP contribution in [0.25, 0.3) is 11.5 Å². The van der Waals surface area contributed by atoms with E-state index in [-0.39, 0.29) is 6.61 Å². The van der Waals surface area contributed by atoms with Crippen molar-refractivity contribution in [2.75, 3.05) is 6.61 Å². The molecule has 114 valence electrons. The van der Waals surface area contributed by atoms with Crippen LogP contribution in [0.2, 0.25) is 0 Å². The number of pyridine rings is 1. The van der Waals surface area contributed by atoms with Crippen LogP contribution in [0.1, 0.15) is 4.88 Å². The molecule has 1 N–H and O–H groups in total. The first-order valence-electron chi connectivity index (χ1n) is 7.03. The van der Waals surface area contributed by atoms with Gasteiger partial charge in [0.15, 0.2) is 5.82 Å². The molecule has 3 rings (SSSR count). The molecular weight excluding hydrogens is 298 g/mol. The van der Waals surface area contributed by atoms with Gasteiger partial charge in [-0.2, -0.15) is 0 Å². The van der Waals surface area contributed by atoms with Crippen molar-refractivity contribution in [3.8, 4) is 11.5 Å². The maximum atomic E-state index is 10.1. The lowest BCUT2D eigenvalue weighted by molar-refractivity contribution is 0.0215. The number of imidazole rings is 1. The van der Waals surface area contributed by atoms with Gasteiger partial charge in [-0.15, -0.1) is 11.3 Å². The second-order valence-corrected chi connectivity index (χ2v) is 5.90. The molecule has 6 heteroatoms. The summed E-state index contributed by atoms with van der Waals surface area (Å²) in [5, 5.41) is 12.1. The summed E-state index contributed by atoms with van der Waals surface area (Å²) in [5.41, 5.74) is 0.791. The predicted octanol–water partition coefficient (Wildman–Crippen LogP) is 2.58. The van der Waals surface area contributed by atoms with E-state index in [4.69, 9.17) is 4.74 Å². The van der Waals surface area contributed by atoms with Crippen LogP contribution in [-0.4, -0.2) is 32.4 Å². The number of aliphatic hydroxyl groups is 1. The Kier molecular flexibility index (Phi) is 4.95. The van der Waals surface area contributed by atoms with Gasteiger partial charge < -0.3 is 14.4 Å². The number of thiophene rings is 1. The van der Waals surface area contributed by atoms with Gasteiger partial charge in [0.25, 0.3) is 0 Å². The fraction of sp³-hybridized carbons (Fsp3) is 0.250. The van der Waals surface area contributed by atoms with Crippen LogP contribution in [0, 0.1) is 0 Å². The lowest BCUT2D eigenvalue weighted by Gasteiger charge is -2.13. The molecule has 5 nitrogen and oxygen atoms in total. The number of rotatable bonds is 7. The maximum Gasteiger partial charge on any atom is 0.158 e. The Balaban J connectivity index is 1.56. The molecule has 0 aliphatic rings. The summed E-state index contributed by atoms with van der Waals surface area (Å²) >= 11 is 1.65. The standard InChI is InChI=1S/C16H17N3O2S/c20-13(11-21-12-14-4-3-9-22-14)10-19-8-7-18-16(19)15-5-1-2-6-17-15/h1-9,13,20H,10-12H2/t13-/m1/s1. The number of ether oxygens (including phenoxy) is 1. The number of nitrogens with zero attached hydrogens (tertiary/aromatic N) is 3. The fourth-order valence-corrected chi connectivity index (χ4v) is 2.80.